The number of aromatic amines is 1. The molecule has 2 aliphatic rings. The van der Waals surface area contributed by atoms with Crippen LogP contribution in [0.1, 0.15) is 0 Å². The minimum Gasteiger partial charge on any atom is -0.390 e. The van der Waals surface area contributed by atoms with E-state index in [0.717, 1.165) is 49.6 Å². The van der Waals surface area contributed by atoms with Crippen molar-refractivity contribution < 1.29 is 5.11 Å². The fourth-order valence-electron chi connectivity index (χ4n) is 3.57. The van der Waals surface area contributed by atoms with E-state index in [9.17, 15) is 5.11 Å². The molecule has 0 unspecified atom stereocenters. The standard InChI is InChI=1S/C16H23N5O/c1-19-6-8-20(9-7-19)13-10-21(11-14(13)22)15-3-2-12-4-5-17-16(12)18-15/h2-5,13-14,22H,6-11H2,1H3,(H,17,18)/t13-,14-/m1/s1. The molecule has 0 saturated carbocycles. The highest BCUT2D eigenvalue weighted by Gasteiger charge is 2.36. The van der Waals surface area contributed by atoms with Crippen LogP contribution in [0.2, 0.25) is 0 Å². The number of anilines is 1. The molecule has 22 heavy (non-hydrogen) atoms. The lowest BCUT2D eigenvalue weighted by Gasteiger charge is -2.37. The van der Waals surface area contributed by atoms with E-state index in [4.69, 9.17) is 0 Å². The average Bonchev–Trinajstić information content (AvgIpc) is 3.13. The molecule has 0 bridgehead atoms. The van der Waals surface area contributed by atoms with Gasteiger partial charge in [-0.2, -0.15) is 0 Å². The van der Waals surface area contributed by atoms with Crippen LogP contribution in [0.4, 0.5) is 5.82 Å². The van der Waals surface area contributed by atoms with Crippen LogP contribution in [0.15, 0.2) is 24.4 Å². The summed E-state index contributed by atoms with van der Waals surface area (Å²) in [7, 11) is 2.16. The Balaban J connectivity index is 1.50. The van der Waals surface area contributed by atoms with Crippen LogP contribution >= 0.6 is 0 Å². The highest BCUT2D eigenvalue weighted by molar-refractivity contribution is 5.77. The molecule has 2 aliphatic heterocycles. The lowest BCUT2D eigenvalue weighted by atomic mass is 10.1. The van der Waals surface area contributed by atoms with Crippen molar-refractivity contribution >= 4 is 16.9 Å². The maximum absolute atomic E-state index is 10.5. The number of nitrogens with zero attached hydrogens (tertiary/aromatic N) is 4. The predicted octanol–water partition coefficient (Wildman–Crippen LogP) is 0.360. The second-order valence-electron chi connectivity index (χ2n) is 6.46. The van der Waals surface area contributed by atoms with Gasteiger partial charge in [0.15, 0.2) is 0 Å². The zero-order valence-corrected chi connectivity index (χ0v) is 12.9. The number of rotatable bonds is 2. The summed E-state index contributed by atoms with van der Waals surface area (Å²) >= 11 is 0. The van der Waals surface area contributed by atoms with Crippen molar-refractivity contribution in [2.75, 3.05) is 51.2 Å². The van der Waals surface area contributed by atoms with Gasteiger partial charge in [0.25, 0.3) is 0 Å². The van der Waals surface area contributed by atoms with Crippen LogP contribution < -0.4 is 4.90 Å². The highest BCUT2D eigenvalue weighted by Crippen LogP contribution is 2.24. The van der Waals surface area contributed by atoms with Gasteiger partial charge in [0.2, 0.25) is 0 Å². The first-order valence-electron chi connectivity index (χ1n) is 8.00. The molecule has 0 aliphatic carbocycles. The highest BCUT2D eigenvalue weighted by atomic mass is 16.3. The molecule has 2 aromatic heterocycles. The fraction of sp³-hybridized carbons (Fsp3) is 0.562. The van der Waals surface area contributed by atoms with Gasteiger partial charge in [0.05, 0.1) is 12.1 Å². The van der Waals surface area contributed by atoms with Gasteiger partial charge in [0, 0.05) is 50.9 Å². The number of aliphatic hydroxyl groups excluding tert-OH is 1. The number of piperazine rings is 1. The smallest absolute Gasteiger partial charge is 0.139 e. The molecule has 0 aromatic carbocycles. The quantitative estimate of drug-likeness (QED) is 0.839. The molecule has 6 heteroatoms. The first-order chi connectivity index (χ1) is 10.7. The summed E-state index contributed by atoms with van der Waals surface area (Å²) < 4.78 is 0. The second kappa shape index (κ2) is 5.53. The summed E-state index contributed by atoms with van der Waals surface area (Å²) in [6, 6.07) is 6.38. The van der Waals surface area contributed by atoms with Crippen molar-refractivity contribution in [3.63, 3.8) is 0 Å². The molecule has 2 saturated heterocycles. The zero-order valence-electron chi connectivity index (χ0n) is 12.9. The van der Waals surface area contributed by atoms with Gasteiger partial charge in [-0.1, -0.05) is 0 Å². The summed E-state index contributed by atoms with van der Waals surface area (Å²) in [4.78, 5) is 14.8. The Bertz CT molecular complexity index is 649. The van der Waals surface area contributed by atoms with Crippen LogP contribution in [0.5, 0.6) is 0 Å². The maximum Gasteiger partial charge on any atom is 0.139 e. The minimum absolute atomic E-state index is 0.217. The Morgan fingerprint density at radius 3 is 2.77 bits per heavy atom. The van der Waals surface area contributed by atoms with E-state index < -0.39 is 0 Å². The third kappa shape index (κ3) is 2.47. The van der Waals surface area contributed by atoms with Crippen molar-refractivity contribution in [2.24, 2.45) is 0 Å². The van der Waals surface area contributed by atoms with Crippen molar-refractivity contribution in [1.29, 1.82) is 0 Å². The van der Waals surface area contributed by atoms with E-state index in [0.29, 0.717) is 6.54 Å². The third-order valence-electron chi connectivity index (χ3n) is 4.98. The van der Waals surface area contributed by atoms with Gasteiger partial charge >= 0.3 is 0 Å². The summed E-state index contributed by atoms with van der Waals surface area (Å²) in [5.41, 5.74) is 0.912. The molecule has 2 fully saturated rings. The lowest BCUT2D eigenvalue weighted by molar-refractivity contribution is 0.0512. The molecule has 2 aromatic rings. The molecular formula is C16H23N5O. The predicted molar refractivity (Wildman–Crippen MR) is 87.2 cm³/mol. The van der Waals surface area contributed by atoms with Gasteiger partial charge in [0.1, 0.15) is 11.5 Å². The Hall–Kier alpha value is -1.63. The van der Waals surface area contributed by atoms with Crippen LogP contribution in [-0.4, -0.2) is 83.3 Å². The van der Waals surface area contributed by atoms with E-state index in [-0.39, 0.29) is 12.1 Å². The summed E-state index contributed by atoms with van der Waals surface area (Å²) in [5.74, 6) is 0.950. The number of aromatic nitrogens is 2. The van der Waals surface area contributed by atoms with Gasteiger partial charge < -0.3 is 19.9 Å². The van der Waals surface area contributed by atoms with Gasteiger partial charge in [-0.05, 0) is 25.2 Å². The van der Waals surface area contributed by atoms with Gasteiger partial charge in [-0.25, -0.2) is 4.98 Å². The van der Waals surface area contributed by atoms with Crippen molar-refractivity contribution in [2.45, 2.75) is 12.1 Å². The molecule has 2 atom stereocenters. The Morgan fingerprint density at radius 2 is 1.95 bits per heavy atom. The summed E-state index contributed by atoms with van der Waals surface area (Å²) in [5, 5.41) is 11.6. The Morgan fingerprint density at radius 1 is 1.14 bits per heavy atom. The number of hydrogen-bond donors (Lipinski definition) is 2. The first kappa shape index (κ1) is 14.0. The largest absolute Gasteiger partial charge is 0.390 e. The van der Waals surface area contributed by atoms with E-state index in [1.165, 1.54) is 0 Å². The SMILES string of the molecule is CN1CCN([C@@H]2CN(c3ccc4cc[nH]c4n3)C[C@H]2O)CC1. The van der Waals surface area contributed by atoms with E-state index >= 15 is 0 Å². The molecule has 0 spiro atoms. The average molecular weight is 301 g/mol. The number of likely N-dealkylation sites (N-methyl/N-ethyl adjacent to an activating group) is 1. The number of aliphatic hydroxyl groups is 1. The third-order valence-corrected chi connectivity index (χ3v) is 4.98. The summed E-state index contributed by atoms with van der Waals surface area (Å²) in [6.07, 6.45) is 1.61. The molecule has 2 N–H and O–H groups in total. The topological polar surface area (TPSA) is 58.6 Å². The lowest BCUT2D eigenvalue weighted by Crippen LogP contribution is -2.52. The molecule has 0 amide bonds. The summed E-state index contributed by atoms with van der Waals surface area (Å²) in [6.45, 7) is 5.75. The molecule has 6 nitrogen and oxygen atoms in total. The van der Waals surface area contributed by atoms with Crippen LogP contribution in [0.3, 0.4) is 0 Å². The van der Waals surface area contributed by atoms with E-state index in [1.807, 2.05) is 12.3 Å². The minimum atomic E-state index is -0.301. The maximum atomic E-state index is 10.5. The van der Waals surface area contributed by atoms with Gasteiger partial charge in [-0.3, -0.25) is 4.90 Å². The number of hydrogen-bond acceptors (Lipinski definition) is 5. The van der Waals surface area contributed by atoms with E-state index in [1.54, 1.807) is 0 Å². The van der Waals surface area contributed by atoms with Crippen molar-refractivity contribution in [3.8, 4) is 0 Å². The van der Waals surface area contributed by atoms with Gasteiger partial charge in [-0.15, -0.1) is 0 Å². The molecule has 4 heterocycles. The van der Waals surface area contributed by atoms with E-state index in [2.05, 4.69) is 43.8 Å². The fourth-order valence-corrected chi connectivity index (χ4v) is 3.57. The van der Waals surface area contributed by atoms with Crippen molar-refractivity contribution in [3.05, 3.63) is 24.4 Å². The van der Waals surface area contributed by atoms with Crippen molar-refractivity contribution in [1.82, 2.24) is 19.8 Å². The Kier molecular flexibility index (Phi) is 3.52. The van der Waals surface area contributed by atoms with Crippen LogP contribution in [-0.2, 0) is 0 Å². The number of nitrogens with one attached hydrogen (secondary N) is 1. The van der Waals surface area contributed by atoms with Crippen LogP contribution in [0, 0.1) is 0 Å². The first-order valence-corrected chi connectivity index (χ1v) is 8.00. The second-order valence-corrected chi connectivity index (χ2v) is 6.46. The van der Waals surface area contributed by atoms with Crippen LogP contribution in [0.25, 0.3) is 11.0 Å². The monoisotopic (exact) mass is 301 g/mol. The normalized spacial score (nSPS) is 27.8. The Labute approximate surface area is 130 Å². The molecule has 118 valence electrons. The number of pyridine rings is 1. The molecule has 0 radical (unpaired) electrons. The molecular weight excluding hydrogens is 278 g/mol. The zero-order chi connectivity index (χ0) is 15.1. The number of fused-ring (bicyclic) bond motifs is 1. The molecule has 4 rings (SSSR count). The number of β-amino-alcohol motifs (C(OH)–C–C–N with tert-alkyl or cyclic N) is 1. The number of H-pyrrole nitrogens is 1.